The molecule has 1 aliphatic heterocycles. The van der Waals surface area contributed by atoms with Crippen LogP contribution >= 0.6 is 11.6 Å². The number of halogens is 4. The molecular weight excluding hydrogens is 319 g/mol. The molecule has 1 atom stereocenters. The van der Waals surface area contributed by atoms with Gasteiger partial charge in [0.15, 0.2) is 0 Å². The maximum absolute atomic E-state index is 13.8. The molecule has 0 spiro atoms. The van der Waals surface area contributed by atoms with Gasteiger partial charge in [-0.3, -0.25) is 4.79 Å². The number of carbonyl (C=O) groups is 1. The maximum Gasteiger partial charge on any atom is 0.425 e. The summed E-state index contributed by atoms with van der Waals surface area (Å²) in [6.45, 7) is 2.80. The Morgan fingerprint density at radius 1 is 1.41 bits per heavy atom. The lowest BCUT2D eigenvalue weighted by Gasteiger charge is -2.33. The Balaban J connectivity index is 2.72. The molecule has 1 amide bonds. The molecule has 2 rings (SSSR count). The number of allylic oxidation sites excluding steroid dienone is 1. The zero-order chi connectivity index (χ0) is 16.5. The minimum Gasteiger partial charge on any atom is -0.347 e. The molecule has 3 nitrogen and oxygen atoms in total. The molecule has 0 bridgehead atoms. The van der Waals surface area contributed by atoms with Crippen LogP contribution < -0.4 is 5.32 Å². The summed E-state index contributed by atoms with van der Waals surface area (Å²) >= 11 is 5.85. The van der Waals surface area contributed by atoms with Crippen molar-refractivity contribution in [1.29, 1.82) is 0 Å². The maximum atomic E-state index is 13.8. The second-order valence-corrected chi connectivity index (χ2v) is 5.80. The molecule has 0 aromatic heterocycles. The van der Waals surface area contributed by atoms with Crippen LogP contribution in [0.2, 0.25) is 5.02 Å². The summed E-state index contributed by atoms with van der Waals surface area (Å²) in [6, 6.07) is 3.92. The van der Waals surface area contributed by atoms with Crippen molar-refractivity contribution in [3.63, 3.8) is 0 Å². The van der Waals surface area contributed by atoms with Crippen molar-refractivity contribution >= 4 is 23.2 Å². The van der Waals surface area contributed by atoms with Crippen molar-refractivity contribution in [3.8, 4) is 0 Å². The van der Waals surface area contributed by atoms with Gasteiger partial charge in [-0.25, -0.2) is 0 Å². The number of hydrogen-bond acceptors (Lipinski definition) is 2. The molecule has 0 fully saturated rings. The van der Waals surface area contributed by atoms with Gasteiger partial charge in [0.05, 0.1) is 0 Å². The van der Waals surface area contributed by atoms with Crippen molar-refractivity contribution in [1.82, 2.24) is 0 Å². The lowest BCUT2D eigenvalue weighted by atomic mass is 9.89. The van der Waals surface area contributed by atoms with Crippen LogP contribution in [-0.4, -0.2) is 18.7 Å². The summed E-state index contributed by atoms with van der Waals surface area (Å²) in [5.74, 6) is -0.759. The standard InChI is InChI=1S/C15H15ClF3NO2/c1-9(2)5-6-14(15(17,18)19)11-7-10(16)3-4-12(11)20-13(21)8-22-14/h3-7,9H,8H2,1-2H3,(H,20,21). The predicted octanol–water partition coefficient (Wildman–Crippen LogP) is 4.28. The van der Waals surface area contributed by atoms with E-state index in [1.165, 1.54) is 24.3 Å². The van der Waals surface area contributed by atoms with Gasteiger partial charge in [-0.2, -0.15) is 13.2 Å². The van der Waals surface area contributed by atoms with E-state index in [0.29, 0.717) is 0 Å². The highest BCUT2D eigenvalue weighted by Gasteiger charge is 2.58. The molecule has 22 heavy (non-hydrogen) atoms. The summed E-state index contributed by atoms with van der Waals surface area (Å²) in [4.78, 5) is 11.6. The summed E-state index contributed by atoms with van der Waals surface area (Å²) in [6.07, 6.45) is -2.40. The van der Waals surface area contributed by atoms with Crippen LogP contribution in [0, 0.1) is 5.92 Å². The van der Waals surface area contributed by atoms with Gasteiger partial charge in [0.2, 0.25) is 11.5 Å². The smallest absolute Gasteiger partial charge is 0.347 e. The third kappa shape index (κ3) is 3.13. The molecule has 1 aromatic rings. The lowest BCUT2D eigenvalue weighted by Crippen LogP contribution is -2.43. The molecule has 1 aliphatic rings. The fourth-order valence-electron chi connectivity index (χ4n) is 2.17. The average Bonchev–Trinajstić information content (AvgIpc) is 2.53. The summed E-state index contributed by atoms with van der Waals surface area (Å²) in [5.41, 5.74) is -2.90. The van der Waals surface area contributed by atoms with E-state index in [-0.39, 0.29) is 22.2 Å². The topological polar surface area (TPSA) is 38.3 Å². The second-order valence-electron chi connectivity index (χ2n) is 5.36. The first kappa shape index (κ1) is 16.8. The fourth-order valence-corrected chi connectivity index (χ4v) is 2.34. The van der Waals surface area contributed by atoms with Gasteiger partial charge < -0.3 is 10.1 Å². The first-order valence-electron chi connectivity index (χ1n) is 6.65. The number of hydrogen-bond donors (Lipinski definition) is 1. The van der Waals surface area contributed by atoms with Crippen LogP contribution in [0.4, 0.5) is 18.9 Å². The Hall–Kier alpha value is -1.53. The highest BCUT2D eigenvalue weighted by Crippen LogP contribution is 2.48. The number of benzene rings is 1. The van der Waals surface area contributed by atoms with Crippen molar-refractivity contribution < 1.29 is 22.7 Å². The molecule has 0 saturated carbocycles. The van der Waals surface area contributed by atoms with Crippen LogP contribution in [0.3, 0.4) is 0 Å². The van der Waals surface area contributed by atoms with E-state index in [1.54, 1.807) is 13.8 Å². The number of nitrogens with one attached hydrogen (secondary N) is 1. The highest BCUT2D eigenvalue weighted by atomic mass is 35.5. The van der Waals surface area contributed by atoms with Gasteiger partial charge in [0.25, 0.3) is 0 Å². The molecule has 1 unspecified atom stereocenters. The first-order chi connectivity index (χ1) is 10.2. The van der Waals surface area contributed by atoms with E-state index in [4.69, 9.17) is 16.3 Å². The molecule has 0 saturated heterocycles. The van der Waals surface area contributed by atoms with Crippen LogP contribution in [0.15, 0.2) is 30.4 Å². The molecule has 1 N–H and O–H groups in total. The quantitative estimate of drug-likeness (QED) is 0.820. The lowest BCUT2D eigenvalue weighted by molar-refractivity contribution is -0.260. The predicted molar refractivity (Wildman–Crippen MR) is 77.7 cm³/mol. The number of ether oxygens (including phenoxy) is 1. The number of rotatable bonds is 2. The number of carbonyl (C=O) groups excluding carboxylic acids is 1. The number of amides is 1. The Bertz CT molecular complexity index is 613. The number of fused-ring (bicyclic) bond motifs is 1. The minimum atomic E-state index is -4.75. The Morgan fingerprint density at radius 2 is 2.09 bits per heavy atom. The largest absolute Gasteiger partial charge is 0.425 e. The van der Waals surface area contributed by atoms with Gasteiger partial charge in [-0.1, -0.05) is 31.5 Å². The van der Waals surface area contributed by atoms with E-state index in [9.17, 15) is 18.0 Å². The highest BCUT2D eigenvalue weighted by molar-refractivity contribution is 6.30. The molecule has 1 aromatic carbocycles. The second kappa shape index (κ2) is 5.93. The zero-order valence-corrected chi connectivity index (χ0v) is 12.8. The van der Waals surface area contributed by atoms with Gasteiger partial charge >= 0.3 is 6.18 Å². The Morgan fingerprint density at radius 3 is 2.68 bits per heavy atom. The van der Waals surface area contributed by atoms with Crippen LogP contribution in [0.5, 0.6) is 0 Å². The number of anilines is 1. The summed E-state index contributed by atoms with van der Waals surface area (Å²) in [5, 5.41) is 2.54. The summed E-state index contributed by atoms with van der Waals surface area (Å²) in [7, 11) is 0. The van der Waals surface area contributed by atoms with Gasteiger partial charge in [0, 0.05) is 16.3 Å². The van der Waals surface area contributed by atoms with Crippen molar-refractivity contribution in [2.75, 3.05) is 11.9 Å². The van der Waals surface area contributed by atoms with E-state index >= 15 is 0 Å². The molecular formula is C15H15ClF3NO2. The van der Waals surface area contributed by atoms with Crippen LogP contribution in [0.25, 0.3) is 0 Å². The number of alkyl halides is 3. The molecule has 7 heteroatoms. The van der Waals surface area contributed by atoms with Crippen molar-refractivity contribution in [2.45, 2.75) is 25.6 Å². The Kier molecular flexibility index (Phi) is 4.54. The van der Waals surface area contributed by atoms with Crippen molar-refractivity contribution in [3.05, 3.63) is 40.9 Å². The fraction of sp³-hybridized carbons (Fsp3) is 0.400. The van der Waals surface area contributed by atoms with E-state index < -0.39 is 24.3 Å². The van der Waals surface area contributed by atoms with Crippen molar-refractivity contribution in [2.24, 2.45) is 5.92 Å². The van der Waals surface area contributed by atoms with E-state index in [2.05, 4.69) is 5.32 Å². The Labute approximate surface area is 131 Å². The average molecular weight is 334 g/mol. The van der Waals surface area contributed by atoms with E-state index in [0.717, 1.165) is 6.08 Å². The molecule has 120 valence electrons. The molecule has 0 aliphatic carbocycles. The van der Waals surface area contributed by atoms with Gasteiger partial charge in [-0.15, -0.1) is 0 Å². The third-order valence-corrected chi connectivity index (χ3v) is 3.46. The summed E-state index contributed by atoms with van der Waals surface area (Å²) < 4.78 is 46.4. The monoisotopic (exact) mass is 333 g/mol. The minimum absolute atomic E-state index is 0.0395. The third-order valence-electron chi connectivity index (χ3n) is 3.22. The van der Waals surface area contributed by atoms with Crippen LogP contribution in [0.1, 0.15) is 19.4 Å². The van der Waals surface area contributed by atoms with Crippen LogP contribution in [-0.2, 0) is 15.1 Å². The SMILES string of the molecule is CC(C)C=CC1(C(F)(F)F)OCC(=O)Nc2ccc(Cl)cc21. The van der Waals surface area contributed by atoms with Gasteiger partial charge in [0.1, 0.15) is 6.61 Å². The molecule has 1 heterocycles. The molecule has 0 radical (unpaired) electrons. The normalized spacial score (nSPS) is 22.6. The first-order valence-corrected chi connectivity index (χ1v) is 7.03. The zero-order valence-electron chi connectivity index (χ0n) is 12.0. The van der Waals surface area contributed by atoms with E-state index in [1.807, 2.05) is 0 Å². The van der Waals surface area contributed by atoms with Gasteiger partial charge in [-0.05, 0) is 30.2 Å².